The fourth-order valence-electron chi connectivity index (χ4n) is 1.83. The van der Waals surface area contributed by atoms with Crippen molar-refractivity contribution in [2.24, 2.45) is 5.92 Å². The second kappa shape index (κ2) is 8.73. The zero-order valence-corrected chi connectivity index (χ0v) is 15.5. The van der Waals surface area contributed by atoms with Crippen molar-refractivity contribution in [1.29, 1.82) is 0 Å². The first-order valence-corrected chi connectivity index (χ1v) is 8.90. The van der Waals surface area contributed by atoms with Gasteiger partial charge in [-0.25, -0.2) is 0 Å². The second-order valence-corrected chi connectivity index (χ2v) is 8.67. The predicted octanol–water partition coefficient (Wildman–Crippen LogP) is 3.80. The van der Waals surface area contributed by atoms with Gasteiger partial charge in [0.15, 0.2) is 0 Å². The zero-order chi connectivity index (χ0) is 17.6. The minimum absolute atomic E-state index is 0.152. The monoisotopic (exact) mass is 357 g/mol. The number of halogens is 1. The van der Waals surface area contributed by atoms with E-state index >= 15 is 0 Å². The SMILES string of the molecule is C=CCOC(=O)[C@@H](C)[C@H](N[S@+]([O-])C(C)(C)C)c1ccc(Cl)cc1. The van der Waals surface area contributed by atoms with E-state index in [2.05, 4.69) is 11.3 Å². The summed E-state index contributed by atoms with van der Waals surface area (Å²) in [5, 5.41) is 0.603. The van der Waals surface area contributed by atoms with Gasteiger partial charge < -0.3 is 9.29 Å². The van der Waals surface area contributed by atoms with E-state index in [1.165, 1.54) is 6.08 Å². The molecule has 0 aliphatic heterocycles. The second-order valence-electron chi connectivity index (χ2n) is 6.24. The van der Waals surface area contributed by atoms with Crippen LogP contribution in [0, 0.1) is 5.92 Å². The first-order valence-electron chi connectivity index (χ1n) is 7.38. The third-order valence-corrected chi connectivity index (χ3v) is 5.07. The summed E-state index contributed by atoms with van der Waals surface area (Å²) in [7, 11) is 0. The Morgan fingerprint density at radius 3 is 2.48 bits per heavy atom. The zero-order valence-electron chi connectivity index (χ0n) is 14.0. The Morgan fingerprint density at radius 2 is 2.00 bits per heavy atom. The molecule has 0 fully saturated rings. The van der Waals surface area contributed by atoms with Crippen LogP contribution in [-0.2, 0) is 20.9 Å². The molecule has 6 heteroatoms. The maximum absolute atomic E-state index is 12.5. The molecule has 1 aromatic carbocycles. The lowest BCUT2D eigenvalue weighted by atomic mass is 9.95. The van der Waals surface area contributed by atoms with Crippen molar-refractivity contribution in [2.45, 2.75) is 38.5 Å². The molecule has 0 aliphatic carbocycles. The van der Waals surface area contributed by atoms with Crippen LogP contribution in [0.4, 0.5) is 0 Å². The fourth-order valence-corrected chi connectivity index (χ4v) is 2.88. The molecule has 0 heterocycles. The number of nitrogens with one attached hydrogen (secondary N) is 1. The minimum atomic E-state index is -1.33. The quantitative estimate of drug-likeness (QED) is 0.458. The molecule has 0 unspecified atom stereocenters. The molecular weight excluding hydrogens is 334 g/mol. The molecule has 4 nitrogen and oxygen atoms in total. The van der Waals surface area contributed by atoms with Crippen molar-refractivity contribution in [3.8, 4) is 0 Å². The van der Waals surface area contributed by atoms with Crippen molar-refractivity contribution >= 4 is 28.9 Å². The first-order chi connectivity index (χ1) is 10.7. The van der Waals surface area contributed by atoms with Crippen LogP contribution in [0.5, 0.6) is 0 Å². The maximum atomic E-state index is 12.5. The molecule has 23 heavy (non-hydrogen) atoms. The van der Waals surface area contributed by atoms with Crippen LogP contribution >= 0.6 is 11.6 Å². The summed E-state index contributed by atoms with van der Waals surface area (Å²) in [4.78, 5) is 12.2. The molecule has 1 aromatic rings. The van der Waals surface area contributed by atoms with Gasteiger partial charge >= 0.3 is 5.97 Å². The minimum Gasteiger partial charge on any atom is -0.598 e. The molecule has 1 N–H and O–H groups in total. The molecule has 0 saturated heterocycles. The van der Waals surface area contributed by atoms with Crippen molar-refractivity contribution in [3.05, 3.63) is 47.5 Å². The van der Waals surface area contributed by atoms with Gasteiger partial charge in [0.1, 0.15) is 11.4 Å². The highest BCUT2D eigenvalue weighted by Crippen LogP contribution is 2.28. The van der Waals surface area contributed by atoms with Crippen molar-refractivity contribution in [2.75, 3.05) is 6.61 Å². The summed E-state index contributed by atoms with van der Waals surface area (Å²) in [6, 6.07) is 6.68. The van der Waals surface area contributed by atoms with Gasteiger partial charge in [-0.05, 0) is 45.4 Å². The van der Waals surface area contributed by atoms with E-state index in [1.54, 1.807) is 19.1 Å². The summed E-state index contributed by atoms with van der Waals surface area (Å²) in [6.07, 6.45) is 1.52. The number of rotatable bonds is 7. The number of esters is 1. The average molecular weight is 358 g/mol. The molecule has 0 radical (unpaired) electrons. The van der Waals surface area contributed by atoms with Crippen LogP contribution in [0.1, 0.15) is 39.3 Å². The van der Waals surface area contributed by atoms with Crippen LogP contribution in [0.2, 0.25) is 5.02 Å². The molecule has 0 saturated carbocycles. The molecule has 0 amide bonds. The Hall–Kier alpha value is -1.01. The van der Waals surface area contributed by atoms with Gasteiger partial charge in [0.2, 0.25) is 0 Å². The fraction of sp³-hybridized carbons (Fsp3) is 0.471. The molecule has 3 atom stereocenters. The Balaban J connectivity index is 3.02. The van der Waals surface area contributed by atoms with Crippen molar-refractivity contribution in [3.63, 3.8) is 0 Å². The lowest BCUT2D eigenvalue weighted by molar-refractivity contribution is -0.147. The number of carbonyl (C=O) groups is 1. The highest BCUT2D eigenvalue weighted by atomic mass is 35.5. The molecule has 128 valence electrons. The Bertz CT molecular complexity index is 528. The molecule has 0 spiro atoms. The van der Waals surface area contributed by atoms with E-state index in [4.69, 9.17) is 16.3 Å². The van der Waals surface area contributed by atoms with Gasteiger partial charge in [0.25, 0.3) is 0 Å². The van der Waals surface area contributed by atoms with Gasteiger partial charge in [-0.2, -0.15) is 0 Å². The van der Waals surface area contributed by atoms with Crippen LogP contribution in [0.15, 0.2) is 36.9 Å². The van der Waals surface area contributed by atoms with Crippen molar-refractivity contribution < 1.29 is 14.1 Å². The Kier molecular flexibility index (Phi) is 7.61. The lowest BCUT2D eigenvalue weighted by Crippen LogP contribution is -2.44. The number of hydrogen-bond acceptors (Lipinski definition) is 4. The number of ether oxygens (including phenoxy) is 1. The molecule has 0 bridgehead atoms. The molecular formula is C17H24ClNO3S. The van der Waals surface area contributed by atoms with Crippen LogP contribution in [-0.4, -0.2) is 21.9 Å². The van der Waals surface area contributed by atoms with E-state index in [1.807, 2.05) is 32.9 Å². The Morgan fingerprint density at radius 1 is 1.43 bits per heavy atom. The normalized spacial score (nSPS) is 15.6. The van der Waals surface area contributed by atoms with E-state index in [0.29, 0.717) is 5.02 Å². The van der Waals surface area contributed by atoms with Gasteiger partial charge in [-0.3, -0.25) is 4.79 Å². The van der Waals surface area contributed by atoms with Gasteiger partial charge in [0, 0.05) is 16.4 Å². The molecule has 0 aliphatic rings. The van der Waals surface area contributed by atoms with E-state index in [9.17, 15) is 9.35 Å². The smallest absolute Gasteiger partial charge is 0.311 e. The van der Waals surface area contributed by atoms with Gasteiger partial charge in [-0.1, -0.05) is 36.4 Å². The highest BCUT2D eigenvalue weighted by molar-refractivity contribution is 7.90. The predicted molar refractivity (Wildman–Crippen MR) is 95.5 cm³/mol. The molecule has 1 rings (SSSR count). The van der Waals surface area contributed by atoms with Gasteiger partial charge in [0.05, 0.1) is 12.0 Å². The van der Waals surface area contributed by atoms with Gasteiger partial charge in [-0.15, -0.1) is 4.72 Å². The summed E-state index contributed by atoms with van der Waals surface area (Å²) in [5.41, 5.74) is 0.829. The highest BCUT2D eigenvalue weighted by Gasteiger charge is 2.35. The summed E-state index contributed by atoms with van der Waals surface area (Å²) >= 11 is 4.60. The number of carbonyl (C=O) groups excluding carboxylic acids is 1. The number of benzene rings is 1. The lowest BCUT2D eigenvalue weighted by Gasteiger charge is -2.30. The number of hydrogen-bond donors (Lipinski definition) is 1. The van der Waals surface area contributed by atoms with Crippen LogP contribution in [0.25, 0.3) is 0 Å². The largest absolute Gasteiger partial charge is 0.598 e. The third-order valence-electron chi connectivity index (χ3n) is 3.23. The topological polar surface area (TPSA) is 61.4 Å². The molecule has 0 aromatic heterocycles. The third kappa shape index (κ3) is 6.18. The van der Waals surface area contributed by atoms with Crippen molar-refractivity contribution in [1.82, 2.24) is 4.72 Å². The standard InChI is InChI=1S/C17H24ClNO3S/c1-6-11-22-16(20)12(2)15(19-23(21)17(3,4)5)13-7-9-14(18)10-8-13/h6-10,12,15,19H,1,11H2,2-5H3/t12-,15-,23+/m0/s1. The summed E-state index contributed by atoms with van der Waals surface area (Å²) in [5.74, 6) is -0.884. The van der Waals surface area contributed by atoms with Crippen LogP contribution in [0.3, 0.4) is 0 Å². The Labute approximate surface area is 146 Å². The van der Waals surface area contributed by atoms with E-state index in [-0.39, 0.29) is 12.6 Å². The van der Waals surface area contributed by atoms with E-state index < -0.39 is 28.1 Å². The summed E-state index contributed by atoms with van der Waals surface area (Å²) < 4.78 is 20.2. The van der Waals surface area contributed by atoms with E-state index in [0.717, 1.165) is 5.56 Å². The summed E-state index contributed by atoms with van der Waals surface area (Å²) in [6.45, 7) is 11.0. The van der Waals surface area contributed by atoms with Crippen LogP contribution < -0.4 is 4.72 Å². The first kappa shape index (κ1) is 20.0. The maximum Gasteiger partial charge on any atom is 0.311 e. The average Bonchev–Trinajstić information content (AvgIpc) is 2.49.